The van der Waals surface area contributed by atoms with Crippen LogP contribution in [0.1, 0.15) is 69.5 Å². The third-order valence-corrected chi connectivity index (χ3v) is 16.3. The molecule has 308 valence electrons. The zero-order chi connectivity index (χ0) is 43.5. The molecule has 2 spiro atoms. The predicted molar refractivity (Wildman–Crippen MR) is 271 cm³/mol. The van der Waals surface area contributed by atoms with Crippen molar-refractivity contribution >= 4 is 17.1 Å². The molecule has 0 amide bonds. The number of nitrogens with zero attached hydrogens (tertiary/aromatic N) is 1. The maximum absolute atomic E-state index is 2.66. The minimum Gasteiger partial charge on any atom is -0.309 e. The van der Waals surface area contributed by atoms with Crippen molar-refractivity contribution in [2.24, 2.45) is 0 Å². The molecule has 10 aromatic rings. The largest absolute Gasteiger partial charge is 0.309 e. The molecule has 0 unspecified atom stereocenters. The highest BCUT2D eigenvalue weighted by atomic mass is 15.2. The van der Waals surface area contributed by atoms with Gasteiger partial charge in [0.2, 0.25) is 0 Å². The number of rotatable bonds is 3. The second-order valence-corrected chi connectivity index (χ2v) is 19.4. The van der Waals surface area contributed by atoms with Crippen molar-refractivity contribution in [1.82, 2.24) is 0 Å². The van der Waals surface area contributed by atoms with Gasteiger partial charge in [-0.25, -0.2) is 0 Å². The second kappa shape index (κ2) is 12.6. The zero-order valence-corrected chi connectivity index (χ0v) is 36.8. The van der Waals surface area contributed by atoms with Gasteiger partial charge in [0.05, 0.1) is 22.2 Å². The summed E-state index contributed by atoms with van der Waals surface area (Å²) in [7, 11) is 0. The van der Waals surface area contributed by atoms with Crippen LogP contribution in [0.3, 0.4) is 0 Å². The number of hydrogen-bond acceptors (Lipinski definition) is 1. The molecule has 0 fully saturated rings. The van der Waals surface area contributed by atoms with Crippen molar-refractivity contribution in [3.8, 4) is 55.6 Å². The van der Waals surface area contributed by atoms with E-state index in [9.17, 15) is 0 Å². The predicted octanol–water partition coefficient (Wildman–Crippen LogP) is 16.1. The van der Waals surface area contributed by atoms with Crippen LogP contribution >= 0.6 is 0 Å². The van der Waals surface area contributed by atoms with Crippen molar-refractivity contribution in [3.63, 3.8) is 0 Å². The van der Waals surface area contributed by atoms with Gasteiger partial charge in [0.25, 0.3) is 0 Å². The van der Waals surface area contributed by atoms with Crippen molar-refractivity contribution in [2.75, 3.05) is 4.90 Å². The zero-order valence-electron chi connectivity index (χ0n) is 36.8. The highest BCUT2D eigenvalue weighted by molar-refractivity contribution is 6.03. The van der Waals surface area contributed by atoms with Gasteiger partial charge in [0, 0.05) is 22.2 Å². The van der Waals surface area contributed by atoms with Crippen molar-refractivity contribution < 1.29 is 0 Å². The summed E-state index contributed by atoms with van der Waals surface area (Å²) in [5.74, 6) is 0. The van der Waals surface area contributed by atoms with Crippen LogP contribution in [0.5, 0.6) is 0 Å². The molecule has 0 saturated carbocycles. The van der Waals surface area contributed by atoms with Crippen molar-refractivity contribution in [2.45, 2.75) is 30.1 Å². The van der Waals surface area contributed by atoms with Gasteiger partial charge >= 0.3 is 0 Å². The summed E-state index contributed by atoms with van der Waals surface area (Å²) >= 11 is 0. The fourth-order valence-electron chi connectivity index (χ4n) is 13.9. The van der Waals surface area contributed by atoms with Gasteiger partial charge in [-0.3, -0.25) is 0 Å². The van der Waals surface area contributed by atoms with E-state index in [0.717, 1.165) is 5.69 Å². The van der Waals surface area contributed by atoms with Gasteiger partial charge in [-0.05, 0) is 124 Å². The van der Waals surface area contributed by atoms with E-state index in [4.69, 9.17) is 0 Å². The molecule has 0 atom stereocenters. The molecule has 10 aromatic carbocycles. The van der Waals surface area contributed by atoms with Gasteiger partial charge in [-0.1, -0.05) is 214 Å². The van der Waals surface area contributed by atoms with E-state index in [1.165, 1.54) is 123 Å². The first-order valence-corrected chi connectivity index (χ1v) is 23.4. The molecule has 0 aliphatic heterocycles. The third kappa shape index (κ3) is 4.15. The van der Waals surface area contributed by atoms with Crippen LogP contribution in [0.2, 0.25) is 0 Å². The van der Waals surface area contributed by atoms with Gasteiger partial charge in [-0.15, -0.1) is 0 Å². The summed E-state index contributed by atoms with van der Waals surface area (Å²) in [5.41, 5.74) is 28.9. The van der Waals surface area contributed by atoms with E-state index in [0.29, 0.717) is 0 Å². The molecule has 0 aromatic heterocycles. The van der Waals surface area contributed by atoms with E-state index in [2.05, 4.69) is 243 Å². The number of fused-ring (bicyclic) bond motifs is 23. The standard InChI is InChI=1S/C65H43N/c1-63(2)50-27-10-9-25-49(50)61-57(63)34-18-35-59(61)66(40-37-38-47-45-23-5-13-30-53(45)64(58(47)39-40)51-28-11-3-19-41(51)42-20-4-12-29-52(42)64)60-36-17-26-48-46-24-8-16-33-56(46)65(62(48)60)54-31-14-6-21-43(54)44-22-7-15-32-55(44)65/h3-39H,1-2H3. The topological polar surface area (TPSA) is 3.24 Å². The molecule has 0 heterocycles. The number of anilines is 3. The van der Waals surface area contributed by atoms with Crippen LogP contribution in [-0.4, -0.2) is 0 Å². The number of hydrogen-bond donors (Lipinski definition) is 0. The minimum atomic E-state index is -0.541. The fourth-order valence-corrected chi connectivity index (χ4v) is 13.9. The average molecular weight is 838 g/mol. The maximum Gasteiger partial charge on any atom is 0.0746 e. The Labute approximate surface area is 386 Å². The lowest BCUT2D eigenvalue weighted by Crippen LogP contribution is -2.29. The molecule has 66 heavy (non-hydrogen) atoms. The Balaban J connectivity index is 1.09. The normalized spacial score (nSPS) is 15.5. The fraction of sp³-hybridized carbons (Fsp3) is 0.0769. The van der Waals surface area contributed by atoms with E-state index >= 15 is 0 Å². The van der Waals surface area contributed by atoms with Crippen molar-refractivity contribution in [3.05, 3.63) is 280 Å². The van der Waals surface area contributed by atoms with Crippen LogP contribution < -0.4 is 4.90 Å². The second-order valence-electron chi connectivity index (χ2n) is 19.4. The average Bonchev–Trinajstić information content (AvgIpc) is 4.11. The molecule has 5 aliphatic rings. The molecular weight excluding hydrogens is 795 g/mol. The summed E-state index contributed by atoms with van der Waals surface area (Å²) in [6, 6.07) is 85.7. The van der Waals surface area contributed by atoms with E-state index in [1.807, 2.05) is 0 Å². The third-order valence-electron chi connectivity index (χ3n) is 16.3. The first kappa shape index (κ1) is 36.4. The lowest BCUT2D eigenvalue weighted by atomic mass is 9.69. The van der Waals surface area contributed by atoms with Gasteiger partial charge in [0.15, 0.2) is 0 Å². The van der Waals surface area contributed by atoms with Gasteiger partial charge in [-0.2, -0.15) is 0 Å². The van der Waals surface area contributed by atoms with Crippen LogP contribution in [0.15, 0.2) is 224 Å². The summed E-state index contributed by atoms with van der Waals surface area (Å²) < 4.78 is 0. The lowest BCUT2D eigenvalue weighted by Gasteiger charge is -2.37. The monoisotopic (exact) mass is 837 g/mol. The molecule has 0 bridgehead atoms. The minimum absolute atomic E-state index is 0.173. The Morgan fingerprint density at radius 1 is 0.273 bits per heavy atom. The molecule has 0 saturated heterocycles. The number of benzene rings is 10. The van der Waals surface area contributed by atoms with Crippen LogP contribution in [0.25, 0.3) is 55.6 Å². The smallest absolute Gasteiger partial charge is 0.0746 e. The van der Waals surface area contributed by atoms with E-state index < -0.39 is 10.8 Å². The Bertz CT molecular complexity index is 3640. The summed E-state index contributed by atoms with van der Waals surface area (Å²) in [5, 5.41) is 0. The molecular formula is C65H43N. The van der Waals surface area contributed by atoms with Crippen LogP contribution in [0.4, 0.5) is 17.1 Å². The Morgan fingerprint density at radius 2 is 0.636 bits per heavy atom. The Kier molecular flexibility index (Phi) is 6.95. The van der Waals surface area contributed by atoms with Crippen LogP contribution in [-0.2, 0) is 16.2 Å². The maximum atomic E-state index is 2.66. The van der Waals surface area contributed by atoms with E-state index in [-0.39, 0.29) is 5.41 Å². The van der Waals surface area contributed by atoms with Gasteiger partial charge < -0.3 is 4.90 Å². The highest BCUT2D eigenvalue weighted by Crippen LogP contribution is 2.67. The molecule has 0 radical (unpaired) electrons. The SMILES string of the molecule is CC1(C)c2ccccc2-c2c(N(c3ccc4c(c3)C3(c5ccccc5-c5ccccc53)c3ccccc3-4)c3cccc4c3C3(c5ccccc5-c5ccccc53)c3ccccc3-4)cccc21. The quantitative estimate of drug-likeness (QED) is 0.171. The summed E-state index contributed by atoms with van der Waals surface area (Å²) in [6.07, 6.45) is 0. The molecule has 15 rings (SSSR count). The Morgan fingerprint density at radius 3 is 1.15 bits per heavy atom. The van der Waals surface area contributed by atoms with E-state index in [1.54, 1.807) is 0 Å². The molecule has 0 N–H and O–H groups in total. The summed E-state index contributed by atoms with van der Waals surface area (Å²) in [6.45, 7) is 4.80. The summed E-state index contributed by atoms with van der Waals surface area (Å²) in [4.78, 5) is 2.66. The highest BCUT2D eigenvalue weighted by Gasteiger charge is 2.55. The first-order chi connectivity index (χ1) is 32.5. The molecule has 5 aliphatic carbocycles. The van der Waals surface area contributed by atoms with Crippen LogP contribution in [0, 0.1) is 0 Å². The Hall–Kier alpha value is -8.00. The van der Waals surface area contributed by atoms with Gasteiger partial charge in [0.1, 0.15) is 0 Å². The van der Waals surface area contributed by atoms with Crippen molar-refractivity contribution in [1.29, 1.82) is 0 Å². The molecule has 1 heteroatoms. The lowest BCUT2D eigenvalue weighted by molar-refractivity contribution is 0.660. The molecule has 1 nitrogen and oxygen atoms in total. The first-order valence-electron chi connectivity index (χ1n) is 23.4.